The Morgan fingerprint density at radius 2 is 2.62 bits per heavy atom. The van der Waals surface area contributed by atoms with Gasteiger partial charge in [0.25, 0.3) is 0 Å². The zero-order valence-electron chi connectivity index (χ0n) is 7.11. The second-order valence-corrected chi connectivity index (χ2v) is 4.98. The van der Waals surface area contributed by atoms with Gasteiger partial charge in [0.1, 0.15) is 9.34 Å². The van der Waals surface area contributed by atoms with Crippen LogP contribution >= 0.6 is 22.9 Å². The molecule has 1 N–H and O–H groups in total. The number of rotatable bonds is 2. The van der Waals surface area contributed by atoms with Crippen LogP contribution in [0.4, 0.5) is 0 Å². The second kappa shape index (κ2) is 3.92. The van der Waals surface area contributed by atoms with Gasteiger partial charge in [-0.2, -0.15) is 0 Å². The highest BCUT2D eigenvalue weighted by atomic mass is 35.5. The summed E-state index contributed by atoms with van der Waals surface area (Å²) in [6.45, 7) is 2.53. The van der Waals surface area contributed by atoms with E-state index >= 15 is 0 Å². The van der Waals surface area contributed by atoms with E-state index in [0.717, 1.165) is 35.4 Å². The fraction of sp³-hybridized carbons (Fsp3) is 0.625. The number of aliphatic hydroxyl groups is 1. The Labute approximate surface area is 86.0 Å². The first-order valence-electron chi connectivity index (χ1n) is 4.24. The summed E-state index contributed by atoms with van der Waals surface area (Å²) in [4.78, 5) is 6.36. The molecular formula is C8H11ClN2OS. The fourth-order valence-electron chi connectivity index (χ4n) is 1.51. The van der Waals surface area contributed by atoms with E-state index in [4.69, 9.17) is 11.6 Å². The Bertz CT molecular complexity index is 291. The zero-order chi connectivity index (χ0) is 9.26. The predicted molar refractivity (Wildman–Crippen MR) is 53.0 cm³/mol. The molecule has 1 aliphatic heterocycles. The van der Waals surface area contributed by atoms with Crippen LogP contribution in [0.25, 0.3) is 0 Å². The summed E-state index contributed by atoms with van der Waals surface area (Å²) in [6.07, 6.45) is 2.39. The van der Waals surface area contributed by atoms with Gasteiger partial charge in [-0.05, 0) is 6.42 Å². The van der Waals surface area contributed by atoms with Crippen LogP contribution in [0, 0.1) is 0 Å². The van der Waals surface area contributed by atoms with Gasteiger partial charge in [0.05, 0.1) is 18.8 Å². The average Bonchev–Trinajstić information content (AvgIpc) is 2.62. The van der Waals surface area contributed by atoms with E-state index in [9.17, 15) is 5.11 Å². The van der Waals surface area contributed by atoms with Gasteiger partial charge in [-0.25, -0.2) is 4.98 Å². The predicted octanol–water partition coefficient (Wildman–Crippen LogP) is 1.36. The quantitative estimate of drug-likeness (QED) is 0.815. The minimum absolute atomic E-state index is 0.157. The van der Waals surface area contributed by atoms with Crippen molar-refractivity contribution in [2.75, 3.05) is 13.1 Å². The number of halogens is 1. The molecule has 1 aliphatic rings. The van der Waals surface area contributed by atoms with Crippen LogP contribution in [0.15, 0.2) is 6.20 Å². The molecule has 0 aromatic carbocycles. The molecule has 1 aromatic heterocycles. The molecule has 0 spiro atoms. The molecule has 1 fully saturated rings. The van der Waals surface area contributed by atoms with Crippen molar-refractivity contribution in [3.63, 3.8) is 0 Å². The topological polar surface area (TPSA) is 36.4 Å². The average molecular weight is 219 g/mol. The fourth-order valence-corrected chi connectivity index (χ4v) is 2.51. The molecule has 0 radical (unpaired) electrons. The standard InChI is InChI=1S/C8H11ClN2OS/c9-7-3-10-8(13-7)5-11-2-1-6(12)4-11/h3,6,12H,1-2,4-5H2/t6-/m1/s1. The number of aromatic nitrogens is 1. The molecule has 1 saturated heterocycles. The van der Waals surface area contributed by atoms with Crippen LogP contribution in [0.2, 0.25) is 4.34 Å². The van der Waals surface area contributed by atoms with Crippen molar-refractivity contribution in [1.82, 2.24) is 9.88 Å². The van der Waals surface area contributed by atoms with E-state index in [1.807, 2.05) is 0 Å². The van der Waals surface area contributed by atoms with Gasteiger partial charge >= 0.3 is 0 Å². The largest absolute Gasteiger partial charge is 0.392 e. The Kier molecular flexibility index (Phi) is 2.83. The van der Waals surface area contributed by atoms with E-state index < -0.39 is 0 Å². The van der Waals surface area contributed by atoms with Crippen LogP contribution < -0.4 is 0 Å². The van der Waals surface area contributed by atoms with E-state index in [-0.39, 0.29) is 6.10 Å². The van der Waals surface area contributed by atoms with E-state index in [2.05, 4.69) is 9.88 Å². The summed E-state index contributed by atoms with van der Waals surface area (Å²) in [5.41, 5.74) is 0. The lowest BCUT2D eigenvalue weighted by Crippen LogP contribution is -2.21. The van der Waals surface area contributed by atoms with Gasteiger partial charge in [0.2, 0.25) is 0 Å². The summed E-state index contributed by atoms with van der Waals surface area (Å²) in [6, 6.07) is 0. The minimum atomic E-state index is -0.157. The summed E-state index contributed by atoms with van der Waals surface area (Å²) >= 11 is 7.27. The Morgan fingerprint density at radius 3 is 3.15 bits per heavy atom. The van der Waals surface area contributed by atoms with E-state index in [1.54, 1.807) is 6.20 Å². The Hall–Kier alpha value is -0.160. The number of hydrogen-bond acceptors (Lipinski definition) is 4. The van der Waals surface area contributed by atoms with Crippen molar-refractivity contribution in [1.29, 1.82) is 0 Å². The highest BCUT2D eigenvalue weighted by Crippen LogP contribution is 2.21. The number of thiazole rings is 1. The molecule has 13 heavy (non-hydrogen) atoms. The normalized spacial score (nSPS) is 24.0. The van der Waals surface area contributed by atoms with E-state index in [0.29, 0.717) is 0 Å². The third-order valence-electron chi connectivity index (χ3n) is 2.13. The number of β-amino-alcohol motifs (C(OH)–C–C–N with tert-alkyl or cyclic N) is 1. The number of hydrogen-bond donors (Lipinski definition) is 1. The van der Waals surface area contributed by atoms with Crippen LogP contribution in [0.5, 0.6) is 0 Å². The maximum absolute atomic E-state index is 9.30. The molecule has 1 aromatic rings. The van der Waals surface area contributed by atoms with Gasteiger partial charge in [-0.1, -0.05) is 11.6 Å². The van der Waals surface area contributed by atoms with Gasteiger partial charge in [-0.15, -0.1) is 11.3 Å². The van der Waals surface area contributed by atoms with Crippen LogP contribution in [-0.4, -0.2) is 34.2 Å². The van der Waals surface area contributed by atoms with Crippen molar-refractivity contribution >= 4 is 22.9 Å². The third kappa shape index (κ3) is 2.40. The zero-order valence-corrected chi connectivity index (χ0v) is 8.68. The lowest BCUT2D eigenvalue weighted by Gasteiger charge is -2.11. The first kappa shape index (κ1) is 9.40. The third-order valence-corrected chi connectivity index (χ3v) is 3.23. The lowest BCUT2D eigenvalue weighted by molar-refractivity contribution is 0.175. The van der Waals surface area contributed by atoms with Crippen molar-refractivity contribution in [2.45, 2.75) is 19.1 Å². The van der Waals surface area contributed by atoms with Crippen molar-refractivity contribution in [3.05, 3.63) is 15.5 Å². The second-order valence-electron chi connectivity index (χ2n) is 3.24. The molecule has 0 unspecified atom stereocenters. The molecule has 2 rings (SSSR count). The molecule has 2 heterocycles. The number of nitrogens with zero attached hydrogens (tertiary/aromatic N) is 2. The maximum Gasteiger partial charge on any atom is 0.113 e. The number of likely N-dealkylation sites (tertiary alicyclic amines) is 1. The lowest BCUT2D eigenvalue weighted by atomic mass is 10.3. The highest BCUT2D eigenvalue weighted by Gasteiger charge is 2.20. The van der Waals surface area contributed by atoms with Crippen LogP contribution in [-0.2, 0) is 6.54 Å². The van der Waals surface area contributed by atoms with Crippen molar-refractivity contribution < 1.29 is 5.11 Å². The summed E-state index contributed by atoms with van der Waals surface area (Å²) in [5, 5.41) is 10.3. The van der Waals surface area contributed by atoms with E-state index in [1.165, 1.54) is 11.3 Å². The monoisotopic (exact) mass is 218 g/mol. The van der Waals surface area contributed by atoms with Gasteiger partial charge < -0.3 is 5.11 Å². The smallest absolute Gasteiger partial charge is 0.113 e. The highest BCUT2D eigenvalue weighted by molar-refractivity contribution is 7.15. The van der Waals surface area contributed by atoms with Gasteiger partial charge in [-0.3, -0.25) is 4.90 Å². The molecule has 0 saturated carbocycles. The van der Waals surface area contributed by atoms with Crippen molar-refractivity contribution in [2.24, 2.45) is 0 Å². The summed E-state index contributed by atoms with van der Waals surface area (Å²) in [5.74, 6) is 0. The first-order valence-corrected chi connectivity index (χ1v) is 5.44. The molecule has 3 nitrogen and oxygen atoms in total. The summed E-state index contributed by atoms with van der Waals surface area (Å²) < 4.78 is 0.731. The SMILES string of the molecule is O[C@@H]1CCN(Cc2ncc(Cl)s2)C1. The molecule has 5 heteroatoms. The molecule has 0 amide bonds. The first-order chi connectivity index (χ1) is 6.24. The Balaban J connectivity index is 1.91. The molecule has 0 aliphatic carbocycles. The summed E-state index contributed by atoms with van der Waals surface area (Å²) in [7, 11) is 0. The molecular weight excluding hydrogens is 208 g/mol. The van der Waals surface area contributed by atoms with Gasteiger partial charge in [0.15, 0.2) is 0 Å². The van der Waals surface area contributed by atoms with Crippen LogP contribution in [0.1, 0.15) is 11.4 Å². The van der Waals surface area contributed by atoms with Crippen LogP contribution in [0.3, 0.4) is 0 Å². The van der Waals surface area contributed by atoms with Gasteiger partial charge in [0, 0.05) is 13.1 Å². The molecule has 1 atom stereocenters. The number of aliphatic hydroxyl groups excluding tert-OH is 1. The molecule has 72 valence electrons. The molecule has 0 bridgehead atoms. The van der Waals surface area contributed by atoms with Crippen molar-refractivity contribution in [3.8, 4) is 0 Å². The maximum atomic E-state index is 9.30. The minimum Gasteiger partial charge on any atom is -0.392 e. The Morgan fingerprint density at radius 1 is 1.77 bits per heavy atom.